The standard InChI is InChI=1S/C31H41F6NO3/c1-3-5-7-8-11-22(32)20-41-26-15-12-21-19-24(38-30(35)27(21)31(26,36)37)23-13-14-25(29(34)28(23)33)40-18-10-9-17-39-16-6-4-2/h13-14,19,22,26H,3-12,15-18,20H2,1-2H3. The smallest absolute Gasteiger partial charge is 0.303 e. The topological polar surface area (TPSA) is 40.6 Å². The van der Waals surface area contributed by atoms with Crippen molar-refractivity contribution in [2.45, 2.75) is 103 Å². The predicted octanol–water partition coefficient (Wildman–Crippen LogP) is 8.87. The second-order valence-electron chi connectivity index (χ2n) is 10.5. The van der Waals surface area contributed by atoms with E-state index in [4.69, 9.17) is 14.2 Å². The van der Waals surface area contributed by atoms with Crippen molar-refractivity contribution in [3.63, 3.8) is 0 Å². The van der Waals surface area contributed by atoms with Crippen LogP contribution < -0.4 is 4.74 Å². The van der Waals surface area contributed by atoms with Crippen LogP contribution in [0.2, 0.25) is 0 Å². The minimum Gasteiger partial charge on any atom is -0.490 e. The summed E-state index contributed by atoms with van der Waals surface area (Å²) in [6.07, 6.45) is 3.71. The lowest BCUT2D eigenvalue weighted by molar-refractivity contribution is -0.160. The van der Waals surface area contributed by atoms with E-state index in [0.29, 0.717) is 32.5 Å². The van der Waals surface area contributed by atoms with Crippen molar-refractivity contribution in [3.8, 4) is 17.0 Å². The number of hydrogen-bond donors (Lipinski definition) is 0. The minimum atomic E-state index is -3.76. The maximum Gasteiger partial charge on any atom is 0.303 e. The van der Waals surface area contributed by atoms with Gasteiger partial charge >= 0.3 is 5.92 Å². The normalized spacial score (nSPS) is 16.9. The summed E-state index contributed by atoms with van der Waals surface area (Å²) in [4.78, 5) is 3.55. The number of pyridine rings is 1. The first kappa shape index (κ1) is 33.2. The van der Waals surface area contributed by atoms with Crippen molar-refractivity contribution in [2.24, 2.45) is 0 Å². The van der Waals surface area contributed by atoms with Gasteiger partial charge in [-0.05, 0) is 62.3 Å². The fourth-order valence-electron chi connectivity index (χ4n) is 4.84. The predicted molar refractivity (Wildman–Crippen MR) is 146 cm³/mol. The molecule has 0 aliphatic heterocycles. The Kier molecular flexibility index (Phi) is 13.2. The van der Waals surface area contributed by atoms with Crippen LogP contribution in [0, 0.1) is 17.6 Å². The van der Waals surface area contributed by atoms with Crippen LogP contribution in [0.3, 0.4) is 0 Å². The van der Waals surface area contributed by atoms with Gasteiger partial charge in [0.1, 0.15) is 12.3 Å². The van der Waals surface area contributed by atoms with Gasteiger partial charge in [-0.2, -0.15) is 17.6 Å². The van der Waals surface area contributed by atoms with Crippen molar-refractivity contribution in [3.05, 3.63) is 46.9 Å². The Hall–Kier alpha value is -2.33. The Labute approximate surface area is 238 Å². The molecule has 2 atom stereocenters. The van der Waals surface area contributed by atoms with Crippen molar-refractivity contribution in [2.75, 3.05) is 26.4 Å². The van der Waals surface area contributed by atoms with E-state index in [1.54, 1.807) is 0 Å². The first-order chi connectivity index (χ1) is 19.7. The lowest BCUT2D eigenvalue weighted by atomic mass is 9.86. The third-order valence-electron chi connectivity index (χ3n) is 7.23. The highest BCUT2D eigenvalue weighted by Crippen LogP contribution is 2.44. The molecule has 0 amide bonds. The zero-order valence-corrected chi connectivity index (χ0v) is 23.9. The van der Waals surface area contributed by atoms with Gasteiger partial charge in [0.2, 0.25) is 11.8 Å². The molecule has 0 spiro atoms. The van der Waals surface area contributed by atoms with Gasteiger partial charge < -0.3 is 14.2 Å². The number of fused-ring (bicyclic) bond motifs is 1. The van der Waals surface area contributed by atoms with Crippen molar-refractivity contribution < 1.29 is 40.6 Å². The molecule has 230 valence electrons. The average molecular weight is 590 g/mol. The maximum absolute atomic E-state index is 15.2. The van der Waals surface area contributed by atoms with Crippen molar-refractivity contribution in [1.82, 2.24) is 4.98 Å². The molecule has 2 aromatic rings. The lowest BCUT2D eigenvalue weighted by Gasteiger charge is -2.33. The number of alkyl halides is 3. The fourth-order valence-corrected chi connectivity index (χ4v) is 4.84. The number of unbranched alkanes of at least 4 members (excludes halogenated alkanes) is 5. The highest BCUT2D eigenvalue weighted by molar-refractivity contribution is 5.63. The number of nitrogens with zero attached hydrogens (tertiary/aromatic N) is 1. The molecule has 0 fully saturated rings. The molecule has 1 aliphatic rings. The number of halogens is 6. The van der Waals surface area contributed by atoms with Gasteiger partial charge in [-0.15, -0.1) is 0 Å². The Morgan fingerprint density at radius 1 is 0.927 bits per heavy atom. The highest BCUT2D eigenvalue weighted by atomic mass is 19.3. The molecule has 2 unspecified atom stereocenters. The zero-order chi connectivity index (χ0) is 29.8. The minimum absolute atomic E-state index is 0.0110. The molecule has 0 N–H and O–H groups in total. The molecule has 41 heavy (non-hydrogen) atoms. The van der Waals surface area contributed by atoms with Gasteiger partial charge in [-0.25, -0.2) is 13.8 Å². The molecule has 1 aromatic carbocycles. The van der Waals surface area contributed by atoms with E-state index in [1.165, 1.54) is 12.1 Å². The fraction of sp³-hybridized carbons (Fsp3) is 0.645. The van der Waals surface area contributed by atoms with Crippen LogP contribution in [0.25, 0.3) is 11.3 Å². The van der Waals surface area contributed by atoms with Crippen LogP contribution in [-0.4, -0.2) is 43.7 Å². The Morgan fingerprint density at radius 3 is 2.41 bits per heavy atom. The molecule has 0 saturated heterocycles. The molecule has 0 saturated carbocycles. The van der Waals surface area contributed by atoms with Crippen molar-refractivity contribution >= 4 is 0 Å². The largest absolute Gasteiger partial charge is 0.490 e. The molecular weight excluding hydrogens is 548 g/mol. The molecule has 1 aliphatic carbocycles. The SMILES string of the molecule is CCCCCCC(F)COC1CCc2cc(-c3ccc(OCCCCOCCCC)c(F)c3F)nc(F)c2C1(F)F. The summed E-state index contributed by atoms with van der Waals surface area (Å²) in [7, 11) is 0. The Bertz CT molecular complexity index is 1100. The highest BCUT2D eigenvalue weighted by Gasteiger charge is 2.49. The van der Waals surface area contributed by atoms with E-state index < -0.39 is 48.0 Å². The van der Waals surface area contributed by atoms with Crippen LogP contribution in [0.5, 0.6) is 5.75 Å². The van der Waals surface area contributed by atoms with Gasteiger partial charge in [0, 0.05) is 18.8 Å². The number of hydrogen-bond acceptors (Lipinski definition) is 4. The molecule has 0 radical (unpaired) electrons. The number of ether oxygens (including phenoxy) is 3. The monoisotopic (exact) mass is 589 g/mol. The van der Waals surface area contributed by atoms with E-state index in [1.807, 2.05) is 6.92 Å². The molecule has 3 rings (SSSR count). The van der Waals surface area contributed by atoms with E-state index in [2.05, 4.69) is 11.9 Å². The van der Waals surface area contributed by atoms with E-state index in [9.17, 15) is 13.2 Å². The second kappa shape index (κ2) is 16.3. The molecule has 1 heterocycles. The molecule has 0 bridgehead atoms. The molecule has 10 heteroatoms. The van der Waals surface area contributed by atoms with Gasteiger partial charge in [-0.1, -0.05) is 46.0 Å². The van der Waals surface area contributed by atoms with Crippen LogP contribution in [0.1, 0.15) is 89.2 Å². The third kappa shape index (κ3) is 9.08. The van der Waals surface area contributed by atoms with Crippen LogP contribution >= 0.6 is 0 Å². The number of benzene rings is 1. The summed E-state index contributed by atoms with van der Waals surface area (Å²) >= 11 is 0. The van der Waals surface area contributed by atoms with Gasteiger partial charge in [0.15, 0.2) is 11.6 Å². The van der Waals surface area contributed by atoms with Crippen molar-refractivity contribution in [1.29, 1.82) is 0 Å². The summed E-state index contributed by atoms with van der Waals surface area (Å²) in [5, 5.41) is 0. The average Bonchev–Trinajstić information content (AvgIpc) is 2.93. The Morgan fingerprint density at radius 2 is 1.66 bits per heavy atom. The first-order valence-corrected chi connectivity index (χ1v) is 14.7. The summed E-state index contributed by atoms with van der Waals surface area (Å²) in [6.45, 7) is 4.99. The zero-order valence-electron chi connectivity index (χ0n) is 23.9. The quantitative estimate of drug-likeness (QED) is 0.0989. The van der Waals surface area contributed by atoms with E-state index in [-0.39, 0.29) is 48.4 Å². The second-order valence-corrected chi connectivity index (χ2v) is 10.5. The summed E-state index contributed by atoms with van der Waals surface area (Å²) in [5.74, 6) is -8.13. The summed E-state index contributed by atoms with van der Waals surface area (Å²) in [6, 6.07) is 3.54. The maximum atomic E-state index is 15.2. The molecular formula is C31H41F6NO3. The molecule has 4 nitrogen and oxygen atoms in total. The number of aryl methyl sites for hydroxylation is 1. The van der Waals surface area contributed by atoms with Gasteiger partial charge in [0.25, 0.3) is 0 Å². The van der Waals surface area contributed by atoms with E-state index >= 15 is 13.2 Å². The first-order valence-electron chi connectivity index (χ1n) is 14.7. The Balaban J connectivity index is 1.63. The van der Waals surface area contributed by atoms with Crippen LogP contribution in [-0.2, 0) is 21.8 Å². The van der Waals surface area contributed by atoms with Gasteiger partial charge in [-0.3, -0.25) is 0 Å². The van der Waals surface area contributed by atoms with Crippen LogP contribution in [0.4, 0.5) is 26.3 Å². The molecule has 1 aromatic heterocycles. The summed E-state index contributed by atoms with van der Waals surface area (Å²) in [5.41, 5.74) is -1.70. The summed E-state index contributed by atoms with van der Waals surface area (Å²) < 4.78 is 105. The third-order valence-corrected chi connectivity index (χ3v) is 7.23. The number of rotatable bonds is 18. The van der Waals surface area contributed by atoms with Crippen LogP contribution in [0.15, 0.2) is 18.2 Å². The van der Waals surface area contributed by atoms with E-state index in [0.717, 1.165) is 38.2 Å². The lowest BCUT2D eigenvalue weighted by Crippen LogP contribution is -2.40. The number of aromatic nitrogens is 1. The van der Waals surface area contributed by atoms with Gasteiger partial charge in [0.05, 0.1) is 24.5 Å².